The third-order valence-corrected chi connectivity index (χ3v) is 11.6. The molecule has 0 unspecified atom stereocenters. The second kappa shape index (κ2) is 9.43. The Kier molecular flexibility index (Phi) is 5.02. The predicted molar refractivity (Wildman–Crippen MR) is 203 cm³/mol. The molecule has 3 heteroatoms. The first kappa shape index (κ1) is 26.6. The summed E-state index contributed by atoms with van der Waals surface area (Å²) in [5.41, 5.74) is 16.1. The van der Waals surface area contributed by atoms with Crippen LogP contribution in [0.5, 0.6) is 23.0 Å². The molecule has 2 nitrogen and oxygen atoms in total. The van der Waals surface area contributed by atoms with Gasteiger partial charge in [0.25, 0.3) is 6.71 Å². The molecule has 2 aliphatic carbocycles. The highest BCUT2D eigenvalue weighted by Gasteiger charge is 2.52. The van der Waals surface area contributed by atoms with Gasteiger partial charge in [-0.2, -0.15) is 0 Å². The molecular weight excluding hydrogens is 607 g/mol. The van der Waals surface area contributed by atoms with Gasteiger partial charge in [0.05, 0.1) is 5.41 Å². The summed E-state index contributed by atoms with van der Waals surface area (Å²) >= 11 is 0. The van der Waals surface area contributed by atoms with Crippen LogP contribution in [-0.4, -0.2) is 6.71 Å². The Morgan fingerprint density at radius 2 is 0.940 bits per heavy atom. The molecule has 4 aliphatic rings. The summed E-state index contributed by atoms with van der Waals surface area (Å²) in [5, 5.41) is 2.52. The van der Waals surface area contributed by atoms with Crippen molar-refractivity contribution >= 4 is 33.9 Å². The molecule has 230 valence electrons. The average molecular weight is 635 g/mol. The van der Waals surface area contributed by atoms with E-state index in [1.807, 2.05) is 18.2 Å². The van der Waals surface area contributed by atoms with Gasteiger partial charge in [0.1, 0.15) is 23.0 Å². The molecule has 12 rings (SSSR count). The number of fused-ring (bicyclic) bond motifs is 16. The Bertz CT molecular complexity index is 2750. The zero-order chi connectivity index (χ0) is 32.6. The predicted octanol–water partition coefficient (Wildman–Crippen LogP) is 9.58. The highest BCUT2D eigenvalue weighted by Crippen LogP contribution is 2.64. The van der Waals surface area contributed by atoms with Crippen molar-refractivity contribution in [1.29, 1.82) is 0 Å². The van der Waals surface area contributed by atoms with Crippen LogP contribution >= 0.6 is 0 Å². The Labute approximate surface area is 290 Å². The Morgan fingerprint density at radius 3 is 1.70 bits per heavy atom. The molecule has 8 aromatic rings. The maximum Gasteiger partial charge on any atom is 0.260 e. The van der Waals surface area contributed by atoms with Gasteiger partial charge in [0, 0.05) is 5.46 Å². The lowest BCUT2D eigenvalue weighted by Crippen LogP contribution is -2.57. The second-order valence-electron chi connectivity index (χ2n) is 13.9. The molecule has 0 N–H and O–H groups in total. The Morgan fingerprint density at radius 1 is 0.380 bits per heavy atom. The fourth-order valence-corrected chi connectivity index (χ4v) is 9.73. The van der Waals surface area contributed by atoms with Crippen LogP contribution in [0.4, 0.5) is 0 Å². The van der Waals surface area contributed by atoms with Gasteiger partial charge in [-0.15, -0.1) is 0 Å². The third-order valence-electron chi connectivity index (χ3n) is 11.6. The van der Waals surface area contributed by atoms with Gasteiger partial charge in [0.15, 0.2) is 0 Å². The van der Waals surface area contributed by atoms with Gasteiger partial charge in [0.2, 0.25) is 0 Å². The number of ether oxygens (including phenoxy) is 2. The quantitative estimate of drug-likeness (QED) is 0.168. The Hall–Kier alpha value is -6.32. The monoisotopic (exact) mass is 634 g/mol. The fourth-order valence-electron chi connectivity index (χ4n) is 9.73. The van der Waals surface area contributed by atoms with Crippen molar-refractivity contribution in [3.05, 3.63) is 186 Å². The highest BCUT2D eigenvalue weighted by atomic mass is 16.5. The lowest BCUT2D eigenvalue weighted by atomic mass is 9.35. The van der Waals surface area contributed by atoms with E-state index in [9.17, 15) is 0 Å². The molecule has 0 aromatic heterocycles. The van der Waals surface area contributed by atoms with Crippen LogP contribution in [0.1, 0.15) is 22.3 Å². The van der Waals surface area contributed by atoms with Crippen molar-refractivity contribution in [3.8, 4) is 56.4 Å². The Balaban J connectivity index is 1.14. The van der Waals surface area contributed by atoms with Crippen LogP contribution in [0.3, 0.4) is 0 Å². The van der Waals surface area contributed by atoms with Crippen LogP contribution < -0.4 is 25.9 Å². The lowest BCUT2D eigenvalue weighted by molar-refractivity contribution is 0.464. The average Bonchev–Trinajstić information content (AvgIpc) is 3.65. The number of hydrogen-bond donors (Lipinski definition) is 0. The van der Waals surface area contributed by atoms with Crippen molar-refractivity contribution < 1.29 is 9.47 Å². The van der Waals surface area contributed by atoms with Crippen molar-refractivity contribution in [2.45, 2.75) is 5.41 Å². The third kappa shape index (κ3) is 3.16. The molecular formula is C47H27BO2. The second-order valence-corrected chi connectivity index (χ2v) is 13.9. The molecule has 0 bridgehead atoms. The van der Waals surface area contributed by atoms with Crippen molar-refractivity contribution in [2.24, 2.45) is 0 Å². The van der Waals surface area contributed by atoms with Crippen LogP contribution in [0, 0.1) is 0 Å². The van der Waals surface area contributed by atoms with Crippen LogP contribution in [0.2, 0.25) is 0 Å². The van der Waals surface area contributed by atoms with E-state index in [0.29, 0.717) is 0 Å². The van der Waals surface area contributed by atoms with E-state index in [2.05, 4.69) is 146 Å². The largest absolute Gasteiger partial charge is 0.458 e. The topological polar surface area (TPSA) is 18.5 Å². The molecule has 0 fully saturated rings. The first-order valence-electron chi connectivity index (χ1n) is 17.4. The number of hydrogen-bond acceptors (Lipinski definition) is 2. The van der Waals surface area contributed by atoms with Crippen molar-refractivity contribution in [2.75, 3.05) is 0 Å². The van der Waals surface area contributed by atoms with Gasteiger partial charge < -0.3 is 9.47 Å². The standard InChI is InChI=1S/C47H27BO2/c1-2-15-32-29(12-1)34(28-24-25-40-44(26-28)50-43-23-11-22-42-46(43)48(40)39-20-9-10-21-41(39)49-42)27-38-45(32)33-16-5-8-19-37(33)47(38)35-17-6-3-13-30(35)31-14-4-7-18-36(31)47/h1-27H. The van der Waals surface area contributed by atoms with Gasteiger partial charge in [-0.05, 0) is 108 Å². The number of para-hydroxylation sites is 1. The van der Waals surface area contributed by atoms with Crippen molar-refractivity contribution in [3.63, 3.8) is 0 Å². The van der Waals surface area contributed by atoms with Gasteiger partial charge in [-0.1, -0.05) is 133 Å². The van der Waals surface area contributed by atoms with Gasteiger partial charge in [-0.25, -0.2) is 0 Å². The minimum Gasteiger partial charge on any atom is -0.458 e. The minimum absolute atomic E-state index is 0.0463. The summed E-state index contributed by atoms with van der Waals surface area (Å²) < 4.78 is 13.1. The van der Waals surface area contributed by atoms with Gasteiger partial charge >= 0.3 is 0 Å². The molecule has 50 heavy (non-hydrogen) atoms. The van der Waals surface area contributed by atoms with E-state index in [1.165, 1.54) is 66.3 Å². The van der Waals surface area contributed by atoms with E-state index in [0.717, 1.165) is 39.5 Å². The molecule has 0 amide bonds. The van der Waals surface area contributed by atoms with Crippen LogP contribution in [0.25, 0.3) is 44.2 Å². The molecule has 0 saturated heterocycles. The summed E-state index contributed by atoms with van der Waals surface area (Å²) in [4.78, 5) is 0. The van der Waals surface area contributed by atoms with E-state index in [4.69, 9.17) is 9.47 Å². The SMILES string of the molecule is c1ccc2c(c1)Oc1cccc3c1B2c1ccc(-c2cc4c(c5ccccc25)-c2ccccc2C42c4ccccc4-c4ccccc42)cc1O3. The van der Waals surface area contributed by atoms with Gasteiger partial charge in [-0.3, -0.25) is 0 Å². The number of benzene rings is 8. The smallest absolute Gasteiger partial charge is 0.260 e. The first-order chi connectivity index (χ1) is 24.8. The molecule has 0 saturated carbocycles. The minimum atomic E-state index is -0.413. The molecule has 0 radical (unpaired) electrons. The highest BCUT2D eigenvalue weighted by molar-refractivity contribution is 6.98. The summed E-state index contributed by atoms with van der Waals surface area (Å²) in [6.45, 7) is 0.0463. The summed E-state index contributed by atoms with van der Waals surface area (Å²) in [6.07, 6.45) is 0. The maximum atomic E-state index is 6.76. The van der Waals surface area contributed by atoms with E-state index in [1.54, 1.807) is 0 Å². The van der Waals surface area contributed by atoms with E-state index < -0.39 is 5.41 Å². The molecule has 0 atom stereocenters. The molecule has 2 aliphatic heterocycles. The van der Waals surface area contributed by atoms with Crippen LogP contribution in [0.15, 0.2) is 164 Å². The van der Waals surface area contributed by atoms with Crippen molar-refractivity contribution in [1.82, 2.24) is 0 Å². The fraction of sp³-hybridized carbons (Fsp3) is 0.0213. The summed E-state index contributed by atoms with van der Waals surface area (Å²) in [6, 6.07) is 59.9. The van der Waals surface area contributed by atoms with Crippen LogP contribution in [-0.2, 0) is 5.41 Å². The zero-order valence-electron chi connectivity index (χ0n) is 27.0. The molecule has 8 aromatic carbocycles. The number of rotatable bonds is 1. The first-order valence-corrected chi connectivity index (χ1v) is 17.4. The maximum absolute atomic E-state index is 6.76. The normalized spacial score (nSPS) is 14.4. The van der Waals surface area contributed by atoms with E-state index in [-0.39, 0.29) is 6.71 Å². The zero-order valence-corrected chi connectivity index (χ0v) is 27.0. The lowest BCUT2D eigenvalue weighted by Gasteiger charge is -2.33. The van der Waals surface area contributed by atoms with E-state index >= 15 is 0 Å². The molecule has 1 spiro atoms. The summed E-state index contributed by atoms with van der Waals surface area (Å²) in [7, 11) is 0. The molecule has 2 heterocycles. The summed E-state index contributed by atoms with van der Waals surface area (Å²) in [5.74, 6) is 3.53.